The van der Waals surface area contributed by atoms with Gasteiger partial charge >= 0.3 is 17.9 Å². The van der Waals surface area contributed by atoms with Crippen LogP contribution in [0.5, 0.6) is 0 Å². The van der Waals surface area contributed by atoms with Crippen molar-refractivity contribution in [3.8, 4) is 0 Å². The molecular formula is C67H120O6. The highest BCUT2D eigenvalue weighted by molar-refractivity contribution is 5.71. The number of carbonyl (C=O) groups is 3. The minimum Gasteiger partial charge on any atom is -0.462 e. The first kappa shape index (κ1) is 70.1. The molecule has 0 saturated carbocycles. The number of rotatable bonds is 58. The van der Waals surface area contributed by atoms with Crippen LogP contribution in [-0.4, -0.2) is 37.2 Å². The summed E-state index contributed by atoms with van der Waals surface area (Å²) in [6, 6.07) is 0. The lowest BCUT2D eigenvalue weighted by molar-refractivity contribution is -0.167. The first-order valence-corrected chi connectivity index (χ1v) is 31.8. The van der Waals surface area contributed by atoms with Gasteiger partial charge in [-0.1, -0.05) is 281 Å². The van der Waals surface area contributed by atoms with Gasteiger partial charge in [0, 0.05) is 19.3 Å². The van der Waals surface area contributed by atoms with Gasteiger partial charge in [0.25, 0.3) is 0 Å². The van der Waals surface area contributed by atoms with Crippen molar-refractivity contribution in [2.45, 2.75) is 335 Å². The van der Waals surface area contributed by atoms with Crippen LogP contribution in [0.25, 0.3) is 0 Å². The highest BCUT2D eigenvalue weighted by atomic mass is 16.6. The lowest BCUT2D eigenvalue weighted by Crippen LogP contribution is -2.30. The number of hydrogen-bond donors (Lipinski definition) is 0. The van der Waals surface area contributed by atoms with Crippen LogP contribution in [0.3, 0.4) is 0 Å². The fourth-order valence-corrected chi connectivity index (χ4v) is 9.19. The molecular weight excluding hydrogens is 901 g/mol. The van der Waals surface area contributed by atoms with Crippen molar-refractivity contribution >= 4 is 17.9 Å². The second kappa shape index (κ2) is 61.7. The zero-order chi connectivity index (χ0) is 52.9. The Bertz CT molecular complexity index is 1310. The van der Waals surface area contributed by atoms with Crippen molar-refractivity contribution in [1.82, 2.24) is 0 Å². The number of hydrogen-bond acceptors (Lipinski definition) is 6. The van der Waals surface area contributed by atoms with Crippen molar-refractivity contribution in [3.63, 3.8) is 0 Å². The molecule has 0 amide bonds. The summed E-state index contributed by atoms with van der Waals surface area (Å²) in [5.74, 6) is -0.903. The quantitative estimate of drug-likeness (QED) is 0.0261. The fourth-order valence-electron chi connectivity index (χ4n) is 9.19. The van der Waals surface area contributed by atoms with Crippen molar-refractivity contribution < 1.29 is 28.6 Å². The van der Waals surface area contributed by atoms with Crippen LogP contribution in [0.15, 0.2) is 60.8 Å². The van der Waals surface area contributed by atoms with Gasteiger partial charge in [-0.25, -0.2) is 0 Å². The van der Waals surface area contributed by atoms with E-state index in [1.165, 1.54) is 205 Å². The molecule has 0 bridgehead atoms. The number of unbranched alkanes of at least 4 members (excludes halogenated alkanes) is 37. The van der Waals surface area contributed by atoms with Crippen LogP contribution < -0.4 is 0 Å². The van der Waals surface area contributed by atoms with Crippen LogP contribution in [0, 0.1) is 0 Å². The highest BCUT2D eigenvalue weighted by Crippen LogP contribution is 2.17. The second-order valence-corrected chi connectivity index (χ2v) is 21.3. The Labute approximate surface area is 453 Å². The van der Waals surface area contributed by atoms with Crippen LogP contribution in [0.1, 0.15) is 329 Å². The minimum atomic E-state index is -0.792. The van der Waals surface area contributed by atoms with E-state index < -0.39 is 6.10 Å². The molecule has 0 spiro atoms. The average molecular weight is 1020 g/mol. The fraction of sp³-hybridized carbons (Fsp3) is 0.806. The average Bonchev–Trinajstić information content (AvgIpc) is 3.39. The molecule has 0 radical (unpaired) electrons. The molecule has 1 atom stereocenters. The first-order chi connectivity index (χ1) is 36.0. The van der Waals surface area contributed by atoms with E-state index in [2.05, 4.69) is 81.5 Å². The van der Waals surface area contributed by atoms with Gasteiger partial charge in [0.15, 0.2) is 6.10 Å². The third kappa shape index (κ3) is 59.9. The molecule has 0 rings (SSSR count). The van der Waals surface area contributed by atoms with Gasteiger partial charge in [0.05, 0.1) is 0 Å². The number of carbonyl (C=O) groups excluding carboxylic acids is 3. The van der Waals surface area contributed by atoms with Gasteiger partial charge in [-0.05, 0) is 89.9 Å². The molecule has 0 aromatic heterocycles. The molecule has 0 heterocycles. The molecule has 0 fully saturated rings. The Morgan fingerprint density at radius 3 is 0.822 bits per heavy atom. The van der Waals surface area contributed by atoms with E-state index in [1.54, 1.807) is 0 Å². The standard InChI is InChI=1S/C67H120O6/c1-4-7-10-13-16-19-22-25-28-31-33-36-39-42-45-48-51-54-57-60-66(69)72-63-64(62-71-65(68)59-56-53-50-47-44-41-38-35-30-27-24-21-18-15-12-9-6-3)73-67(70)61-58-55-52-49-46-43-40-37-34-32-29-26-23-20-17-14-11-8-5-2/h17,20,26-27,29-30,34,37,43,46,64H,4-16,18-19,21-25,28,31-33,35-36,38-42,44-45,47-63H2,1-3H3/b20-17-,29-26-,30-27-,37-34-,46-43-/t64-/m1/s1. The van der Waals surface area contributed by atoms with Crippen molar-refractivity contribution in [2.75, 3.05) is 13.2 Å². The van der Waals surface area contributed by atoms with Crippen molar-refractivity contribution in [3.05, 3.63) is 60.8 Å². The van der Waals surface area contributed by atoms with E-state index >= 15 is 0 Å². The molecule has 0 aliphatic rings. The van der Waals surface area contributed by atoms with Crippen LogP contribution in [0.2, 0.25) is 0 Å². The monoisotopic (exact) mass is 1020 g/mol. The van der Waals surface area contributed by atoms with Crippen LogP contribution >= 0.6 is 0 Å². The predicted octanol–water partition coefficient (Wildman–Crippen LogP) is 21.6. The Hall–Kier alpha value is -2.89. The molecule has 0 unspecified atom stereocenters. The number of allylic oxidation sites excluding steroid dienone is 10. The molecule has 6 nitrogen and oxygen atoms in total. The second-order valence-electron chi connectivity index (χ2n) is 21.3. The summed E-state index contributed by atoms with van der Waals surface area (Å²) in [5, 5.41) is 0. The maximum absolute atomic E-state index is 12.9. The van der Waals surface area contributed by atoms with Crippen LogP contribution in [0.4, 0.5) is 0 Å². The molecule has 6 heteroatoms. The number of ether oxygens (including phenoxy) is 3. The Morgan fingerprint density at radius 2 is 0.493 bits per heavy atom. The van der Waals surface area contributed by atoms with Gasteiger partial charge < -0.3 is 14.2 Å². The highest BCUT2D eigenvalue weighted by Gasteiger charge is 2.19. The zero-order valence-corrected chi connectivity index (χ0v) is 48.7. The van der Waals surface area contributed by atoms with Gasteiger partial charge in [-0.15, -0.1) is 0 Å². The Kier molecular flexibility index (Phi) is 59.2. The maximum atomic E-state index is 12.9. The lowest BCUT2D eigenvalue weighted by atomic mass is 10.0. The third-order valence-corrected chi connectivity index (χ3v) is 14.0. The summed E-state index contributed by atoms with van der Waals surface area (Å²) in [6.45, 7) is 6.63. The van der Waals surface area contributed by atoms with E-state index in [0.29, 0.717) is 19.3 Å². The van der Waals surface area contributed by atoms with E-state index in [0.717, 1.165) is 83.5 Å². The van der Waals surface area contributed by atoms with E-state index in [-0.39, 0.29) is 31.1 Å². The summed E-state index contributed by atoms with van der Waals surface area (Å²) in [4.78, 5) is 38.3. The number of esters is 3. The molecule has 73 heavy (non-hydrogen) atoms. The van der Waals surface area contributed by atoms with Gasteiger partial charge in [0.1, 0.15) is 13.2 Å². The largest absolute Gasteiger partial charge is 0.462 e. The van der Waals surface area contributed by atoms with Gasteiger partial charge in [-0.2, -0.15) is 0 Å². The molecule has 424 valence electrons. The van der Waals surface area contributed by atoms with Crippen molar-refractivity contribution in [2.24, 2.45) is 0 Å². The van der Waals surface area contributed by atoms with E-state index in [1.807, 2.05) is 0 Å². The summed E-state index contributed by atoms with van der Waals surface area (Å²) in [6.07, 6.45) is 77.9. The Balaban J connectivity index is 4.41. The van der Waals surface area contributed by atoms with Crippen molar-refractivity contribution in [1.29, 1.82) is 0 Å². The smallest absolute Gasteiger partial charge is 0.306 e. The van der Waals surface area contributed by atoms with Gasteiger partial charge in [-0.3, -0.25) is 14.4 Å². The molecule has 0 aliphatic heterocycles. The van der Waals surface area contributed by atoms with Crippen LogP contribution in [-0.2, 0) is 28.6 Å². The predicted molar refractivity (Wildman–Crippen MR) is 316 cm³/mol. The molecule has 0 N–H and O–H groups in total. The normalized spacial score (nSPS) is 12.4. The van der Waals surface area contributed by atoms with E-state index in [9.17, 15) is 14.4 Å². The lowest BCUT2D eigenvalue weighted by Gasteiger charge is -2.18. The molecule has 0 aromatic carbocycles. The minimum absolute atomic E-state index is 0.0854. The maximum Gasteiger partial charge on any atom is 0.306 e. The van der Waals surface area contributed by atoms with Gasteiger partial charge in [0.2, 0.25) is 0 Å². The summed E-state index contributed by atoms with van der Waals surface area (Å²) >= 11 is 0. The van der Waals surface area contributed by atoms with E-state index in [4.69, 9.17) is 14.2 Å². The topological polar surface area (TPSA) is 78.9 Å². The first-order valence-electron chi connectivity index (χ1n) is 31.8. The summed E-state index contributed by atoms with van der Waals surface area (Å²) in [5.41, 5.74) is 0. The molecule has 0 aromatic rings. The molecule has 0 saturated heterocycles. The third-order valence-electron chi connectivity index (χ3n) is 14.0. The molecule has 0 aliphatic carbocycles. The summed E-state index contributed by atoms with van der Waals surface area (Å²) < 4.78 is 16.9. The Morgan fingerprint density at radius 1 is 0.274 bits per heavy atom. The SMILES string of the molecule is CCCCC/C=C\C/C=C\C/C=C\C/C=C\CCCCCC(=O)O[C@H](COC(=O)CCCCCCCCC/C=C\CCCCCCCC)COC(=O)CCCCCCCCCCCCCCCCCCCCC. The summed E-state index contributed by atoms with van der Waals surface area (Å²) in [7, 11) is 0. The zero-order valence-electron chi connectivity index (χ0n) is 48.7.